The third-order valence-corrected chi connectivity index (χ3v) is 4.04. The maximum Gasteiger partial charge on any atom is 0.138 e. The Morgan fingerprint density at radius 3 is 3.00 bits per heavy atom. The average molecular weight is 288 g/mol. The highest BCUT2D eigenvalue weighted by atomic mass is 32.1. The Bertz CT molecular complexity index is 677. The van der Waals surface area contributed by atoms with Gasteiger partial charge in [0.05, 0.1) is 17.7 Å². The molecule has 3 heterocycles. The van der Waals surface area contributed by atoms with Crippen molar-refractivity contribution in [1.82, 2.24) is 14.9 Å². The molecule has 1 unspecified atom stereocenters. The smallest absolute Gasteiger partial charge is 0.138 e. The molecule has 0 bridgehead atoms. The van der Waals surface area contributed by atoms with Gasteiger partial charge in [-0.2, -0.15) is 0 Å². The summed E-state index contributed by atoms with van der Waals surface area (Å²) in [6.07, 6.45) is 3.30. The first kappa shape index (κ1) is 13.1. The molecule has 3 rings (SSSR count). The van der Waals surface area contributed by atoms with E-state index in [1.54, 1.807) is 23.9 Å². The molecule has 5 nitrogen and oxygen atoms in total. The van der Waals surface area contributed by atoms with Crippen LogP contribution in [0.15, 0.2) is 40.6 Å². The molecule has 0 saturated carbocycles. The van der Waals surface area contributed by atoms with Gasteiger partial charge in [0.15, 0.2) is 0 Å². The van der Waals surface area contributed by atoms with Gasteiger partial charge >= 0.3 is 0 Å². The highest BCUT2D eigenvalue weighted by Crippen LogP contribution is 2.25. The zero-order chi connectivity index (χ0) is 13.9. The SMILES string of the molecule is CN(C)C(CNc1ncnc2sccc12)c1ccco1. The quantitative estimate of drug-likeness (QED) is 0.782. The van der Waals surface area contributed by atoms with Gasteiger partial charge in [-0.05, 0) is 37.7 Å². The molecular formula is C14H16N4OS. The Morgan fingerprint density at radius 2 is 2.25 bits per heavy atom. The van der Waals surface area contributed by atoms with Crippen LogP contribution < -0.4 is 5.32 Å². The maximum absolute atomic E-state index is 5.51. The summed E-state index contributed by atoms with van der Waals surface area (Å²) in [4.78, 5) is 11.7. The Hall–Kier alpha value is -1.92. The van der Waals surface area contributed by atoms with Crippen molar-refractivity contribution in [1.29, 1.82) is 0 Å². The van der Waals surface area contributed by atoms with Crippen molar-refractivity contribution >= 4 is 27.4 Å². The zero-order valence-electron chi connectivity index (χ0n) is 11.4. The molecule has 3 aromatic heterocycles. The van der Waals surface area contributed by atoms with Crippen molar-refractivity contribution in [2.45, 2.75) is 6.04 Å². The largest absolute Gasteiger partial charge is 0.468 e. The summed E-state index contributed by atoms with van der Waals surface area (Å²) in [5.41, 5.74) is 0. The number of likely N-dealkylation sites (N-methyl/N-ethyl adjacent to an activating group) is 1. The summed E-state index contributed by atoms with van der Waals surface area (Å²) in [6, 6.07) is 6.11. The summed E-state index contributed by atoms with van der Waals surface area (Å²) in [7, 11) is 4.07. The summed E-state index contributed by atoms with van der Waals surface area (Å²) in [5, 5.41) is 6.49. The lowest BCUT2D eigenvalue weighted by atomic mass is 10.2. The fourth-order valence-corrected chi connectivity index (χ4v) is 2.88. The lowest BCUT2D eigenvalue weighted by Crippen LogP contribution is -2.26. The van der Waals surface area contributed by atoms with Crippen LogP contribution in [0.2, 0.25) is 0 Å². The molecule has 0 aliphatic heterocycles. The topological polar surface area (TPSA) is 54.2 Å². The van der Waals surface area contributed by atoms with Crippen molar-refractivity contribution in [2.24, 2.45) is 0 Å². The van der Waals surface area contributed by atoms with E-state index in [-0.39, 0.29) is 6.04 Å². The normalized spacial score (nSPS) is 12.9. The number of hydrogen-bond acceptors (Lipinski definition) is 6. The Morgan fingerprint density at radius 1 is 1.35 bits per heavy atom. The number of fused-ring (bicyclic) bond motifs is 1. The van der Waals surface area contributed by atoms with Crippen LogP contribution in [0.1, 0.15) is 11.8 Å². The van der Waals surface area contributed by atoms with E-state index in [9.17, 15) is 0 Å². The number of aromatic nitrogens is 2. The minimum atomic E-state index is 0.161. The molecular weight excluding hydrogens is 272 g/mol. The number of hydrogen-bond donors (Lipinski definition) is 1. The number of nitrogens with one attached hydrogen (secondary N) is 1. The molecule has 6 heteroatoms. The van der Waals surface area contributed by atoms with Crippen LogP contribution in [0.4, 0.5) is 5.82 Å². The number of rotatable bonds is 5. The van der Waals surface area contributed by atoms with Gasteiger partial charge in [0.25, 0.3) is 0 Å². The van der Waals surface area contributed by atoms with E-state index in [1.807, 2.05) is 37.7 Å². The van der Waals surface area contributed by atoms with Crippen molar-refractivity contribution < 1.29 is 4.42 Å². The van der Waals surface area contributed by atoms with Gasteiger partial charge in [0.1, 0.15) is 22.7 Å². The summed E-state index contributed by atoms with van der Waals surface area (Å²) >= 11 is 1.62. The van der Waals surface area contributed by atoms with E-state index in [2.05, 4.69) is 20.2 Å². The molecule has 104 valence electrons. The van der Waals surface area contributed by atoms with Crippen LogP contribution in [0.5, 0.6) is 0 Å². The molecule has 20 heavy (non-hydrogen) atoms. The Kier molecular flexibility index (Phi) is 3.66. The Balaban J connectivity index is 1.79. The molecule has 1 N–H and O–H groups in total. The van der Waals surface area contributed by atoms with E-state index in [1.165, 1.54) is 0 Å². The van der Waals surface area contributed by atoms with E-state index in [0.717, 1.165) is 28.3 Å². The van der Waals surface area contributed by atoms with E-state index < -0.39 is 0 Å². The highest BCUT2D eigenvalue weighted by Gasteiger charge is 2.17. The predicted octanol–water partition coefficient (Wildman–Crippen LogP) is 3.00. The first-order valence-electron chi connectivity index (χ1n) is 6.37. The van der Waals surface area contributed by atoms with Crippen LogP contribution in [0.3, 0.4) is 0 Å². The standard InChI is InChI=1S/C14H16N4OS/c1-18(2)11(12-4-3-6-19-12)8-15-13-10-5-7-20-14(10)17-9-16-13/h3-7,9,11H,8H2,1-2H3,(H,15,16,17). The van der Waals surface area contributed by atoms with Gasteiger partial charge < -0.3 is 9.73 Å². The highest BCUT2D eigenvalue weighted by molar-refractivity contribution is 7.16. The maximum atomic E-state index is 5.51. The molecule has 0 fully saturated rings. The van der Waals surface area contributed by atoms with Gasteiger partial charge in [-0.3, -0.25) is 4.90 Å². The molecule has 0 spiro atoms. The Labute approximate surface area is 121 Å². The molecule has 1 atom stereocenters. The first-order valence-corrected chi connectivity index (χ1v) is 7.25. The van der Waals surface area contributed by atoms with Crippen molar-refractivity contribution in [2.75, 3.05) is 26.0 Å². The van der Waals surface area contributed by atoms with E-state index in [0.29, 0.717) is 0 Å². The minimum absolute atomic E-state index is 0.161. The van der Waals surface area contributed by atoms with Gasteiger partial charge in [-0.1, -0.05) is 0 Å². The third kappa shape index (κ3) is 2.52. The number of nitrogens with zero attached hydrogens (tertiary/aromatic N) is 3. The van der Waals surface area contributed by atoms with Crippen LogP contribution in [0, 0.1) is 0 Å². The van der Waals surface area contributed by atoms with Crippen LogP contribution in [0.25, 0.3) is 10.2 Å². The average Bonchev–Trinajstić information content (AvgIpc) is 3.09. The molecule has 0 amide bonds. The molecule has 0 saturated heterocycles. The molecule has 0 aromatic carbocycles. The van der Waals surface area contributed by atoms with E-state index >= 15 is 0 Å². The van der Waals surface area contributed by atoms with E-state index in [4.69, 9.17) is 4.42 Å². The zero-order valence-corrected chi connectivity index (χ0v) is 12.2. The predicted molar refractivity (Wildman–Crippen MR) is 81.0 cm³/mol. The van der Waals surface area contributed by atoms with Crippen LogP contribution in [-0.4, -0.2) is 35.5 Å². The number of thiophene rings is 1. The monoisotopic (exact) mass is 288 g/mol. The van der Waals surface area contributed by atoms with Crippen LogP contribution in [-0.2, 0) is 0 Å². The lowest BCUT2D eigenvalue weighted by Gasteiger charge is -2.22. The fraction of sp³-hybridized carbons (Fsp3) is 0.286. The number of anilines is 1. The van der Waals surface area contributed by atoms with Gasteiger partial charge in [0.2, 0.25) is 0 Å². The third-order valence-electron chi connectivity index (χ3n) is 3.22. The summed E-state index contributed by atoms with van der Waals surface area (Å²) in [6.45, 7) is 0.725. The van der Waals surface area contributed by atoms with Gasteiger partial charge in [-0.25, -0.2) is 9.97 Å². The van der Waals surface area contributed by atoms with Crippen molar-refractivity contribution in [3.63, 3.8) is 0 Å². The fourth-order valence-electron chi connectivity index (χ4n) is 2.14. The second-order valence-corrected chi connectivity index (χ2v) is 5.63. The molecule has 0 aliphatic carbocycles. The van der Waals surface area contributed by atoms with Gasteiger partial charge in [0, 0.05) is 6.54 Å². The van der Waals surface area contributed by atoms with Crippen molar-refractivity contribution in [3.8, 4) is 0 Å². The molecule has 0 aliphatic rings. The molecule has 3 aromatic rings. The minimum Gasteiger partial charge on any atom is -0.468 e. The van der Waals surface area contributed by atoms with Crippen molar-refractivity contribution in [3.05, 3.63) is 41.9 Å². The number of furan rings is 1. The second kappa shape index (κ2) is 5.60. The van der Waals surface area contributed by atoms with Gasteiger partial charge in [-0.15, -0.1) is 11.3 Å². The second-order valence-electron chi connectivity index (χ2n) is 4.74. The summed E-state index contributed by atoms with van der Waals surface area (Å²) < 4.78 is 5.51. The lowest BCUT2D eigenvalue weighted by molar-refractivity contribution is 0.269. The first-order chi connectivity index (χ1) is 9.75. The molecule has 0 radical (unpaired) electrons. The van der Waals surface area contributed by atoms with Crippen LogP contribution >= 0.6 is 11.3 Å². The summed E-state index contributed by atoms with van der Waals surface area (Å²) in [5.74, 6) is 1.81.